The number of carbonyl (C=O) groups is 1. The van der Waals surface area contributed by atoms with E-state index in [4.69, 9.17) is 9.47 Å². The summed E-state index contributed by atoms with van der Waals surface area (Å²) in [5.41, 5.74) is 2.28. The lowest BCUT2D eigenvalue weighted by molar-refractivity contribution is 0.102. The summed E-state index contributed by atoms with van der Waals surface area (Å²) >= 11 is 0. The number of ether oxygens (including phenoxy) is 2. The van der Waals surface area contributed by atoms with Crippen molar-refractivity contribution in [2.75, 3.05) is 5.32 Å². The molecule has 3 aromatic carbocycles. The molecular formula is C24H25NO3. The van der Waals surface area contributed by atoms with E-state index in [0.717, 1.165) is 17.7 Å². The van der Waals surface area contributed by atoms with Gasteiger partial charge in [0.25, 0.3) is 5.91 Å². The summed E-state index contributed by atoms with van der Waals surface area (Å²) in [6.45, 7) is 4.53. The molecule has 1 amide bonds. The Morgan fingerprint density at radius 2 is 1.61 bits per heavy atom. The first-order valence-corrected chi connectivity index (χ1v) is 9.49. The Morgan fingerprint density at radius 1 is 0.929 bits per heavy atom. The molecule has 1 atom stereocenters. The van der Waals surface area contributed by atoms with Crippen LogP contribution in [0.15, 0.2) is 78.9 Å². The van der Waals surface area contributed by atoms with Gasteiger partial charge in [0.1, 0.15) is 18.1 Å². The summed E-state index contributed by atoms with van der Waals surface area (Å²) < 4.78 is 11.7. The second kappa shape index (κ2) is 9.60. The Kier molecular flexibility index (Phi) is 6.68. The standard InChI is InChI=1S/C24H25NO3/c1-3-18(2)28-21-15-13-20(14-16-21)24(26)25-22-11-7-8-12-23(22)27-17-19-9-5-4-6-10-19/h4-16,18H,3,17H2,1-2H3,(H,25,26). The fraction of sp³-hybridized carbons (Fsp3) is 0.208. The van der Waals surface area contributed by atoms with E-state index < -0.39 is 0 Å². The zero-order chi connectivity index (χ0) is 19.8. The minimum absolute atomic E-state index is 0.147. The predicted octanol–water partition coefficient (Wildman–Crippen LogP) is 5.70. The maximum Gasteiger partial charge on any atom is 0.255 e. The van der Waals surface area contributed by atoms with Crippen molar-refractivity contribution in [3.05, 3.63) is 90.0 Å². The Labute approximate surface area is 166 Å². The van der Waals surface area contributed by atoms with Gasteiger partial charge < -0.3 is 14.8 Å². The maximum atomic E-state index is 12.6. The second-order valence-electron chi connectivity index (χ2n) is 6.59. The van der Waals surface area contributed by atoms with Gasteiger partial charge in [-0.3, -0.25) is 4.79 Å². The first kappa shape index (κ1) is 19.5. The Morgan fingerprint density at radius 3 is 2.32 bits per heavy atom. The van der Waals surface area contributed by atoms with Crippen LogP contribution in [0.4, 0.5) is 5.69 Å². The first-order valence-electron chi connectivity index (χ1n) is 9.49. The van der Waals surface area contributed by atoms with Crippen molar-refractivity contribution in [1.82, 2.24) is 0 Å². The molecule has 4 heteroatoms. The highest BCUT2D eigenvalue weighted by atomic mass is 16.5. The van der Waals surface area contributed by atoms with E-state index >= 15 is 0 Å². The Bertz CT molecular complexity index is 891. The van der Waals surface area contributed by atoms with Crippen LogP contribution >= 0.6 is 0 Å². The van der Waals surface area contributed by atoms with Gasteiger partial charge in [-0.2, -0.15) is 0 Å². The van der Waals surface area contributed by atoms with Gasteiger partial charge in [0, 0.05) is 5.56 Å². The lowest BCUT2D eigenvalue weighted by Crippen LogP contribution is -2.13. The molecule has 28 heavy (non-hydrogen) atoms. The summed E-state index contributed by atoms with van der Waals surface area (Å²) in [6, 6.07) is 24.5. The predicted molar refractivity (Wildman–Crippen MR) is 112 cm³/mol. The number of hydrogen-bond donors (Lipinski definition) is 1. The summed E-state index contributed by atoms with van der Waals surface area (Å²) in [5, 5.41) is 2.93. The molecule has 3 aromatic rings. The van der Waals surface area contributed by atoms with Crippen LogP contribution in [-0.4, -0.2) is 12.0 Å². The number of nitrogens with one attached hydrogen (secondary N) is 1. The van der Waals surface area contributed by atoms with E-state index in [0.29, 0.717) is 23.6 Å². The average molecular weight is 375 g/mol. The van der Waals surface area contributed by atoms with Gasteiger partial charge in [0.2, 0.25) is 0 Å². The number of rotatable bonds is 8. The van der Waals surface area contributed by atoms with E-state index in [9.17, 15) is 4.79 Å². The van der Waals surface area contributed by atoms with Gasteiger partial charge in [-0.15, -0.1) is 0 Å². The van der Waals surface area contributed by atoms with Gasteiger partial charge in [0.05, 0.1) is 11.8 Å². The van der Waals surface area contributed by atoms with Crippen LogP contribution in [0.2, 0.25) is 0 Å². The minimum Gasteiger partial charge on any atom is -0.491 e. The highest BCUT2D eigenvalue weighted by Crippen LogP contribution is 2.25. The molecule has 0 radical (unpaired) electrons. The number of hydrogen-bond acceptors (Lipinski definition) is 3. The molecule has 1 unspecified atom stereocenters. The molecule has 0 aromatic heterocycles. The quantitative estimate of drug-likeness (QED) is 0.550. The van der Waals surface area contributed by atoms with Crippen LogP contribution in [0.3, 0.4) is 0 Å². The molecule has 3 rings (SSSR count). The van der Waals surface area contributed by atoms with Crippen molar-refractivity contribution < 1.29 is 14.3 Å². The molecule has 0 spiro atoms. The normalized spacial score (nSPS) is 11.5. The molecule has 0 aliphatic rings. The van der Waals surface area contributed by atoms with Crippen LogP contribution in [0.25, 0.3) is 0 Å². The molecule has 0 fully saturated rings. The van der Waals surface area contributed by atoms with E-state index in [2.05, 4.69) is 12.2 Å². The van der Waals surface area contributed by atoms with E-state index in [1.165, 1.54) is 0 Å². The molecule has 0 aliphatic carbocycles. The molecule has 0 bridgehead atoms. The van der Waals surface area contributed by atoms with Gasteiger partial charge in [-0.1, -0.05) is 49.4 Å². The van der Waals surface area contributed by atoms with E-state index in [1.54, 1.807) is 12.1 Å². The number of anilines is 1. The number of amides is 1. The van der Waals surface area contributed by atoms with Crippen molar-refractivity contribution >= 4 is 11.6 Å². The molecule has 4 nitrogen and oxygen atoms in total. The zero-order valence-corrected chi connectivity index (χ0v) is 16.2. The summed E-state index contributed by atoms with van der Waals surface area (Å²) in [6.07, 6.45) is 1.08. The van der Waals surface area contributed by atoms with Crippen LogP contribution in [0.5, 0.6) is 11.5 Å². The van der Waals surface area contributed by atoms with Crippen LogP contribution < -0.4 is 14.8 Å². The van der Waals surface area contributed by atoms with E-state index in [-0.39, 0.29) is 12.0 Å². The SMILES string of the molecule is CCC(C)Oc1ccc(C(=O)Nc2ccccc2OCc2ccccc2)cc1. The fourth-order valence-electron chi connectivity index (χ4n) is 2.63. The van der Waals surface area contributed by atoms with Crippen LogP contribution in [0.1, 0.15) is 36.2 Å². The smallest absolute Gasteiger partial charge is 0.255 e. The topological polar surface area (TPSA) is 47.6 Å². The third-order valence-corrected chi connectivity index (χ3v) is 4.40. The molecule has 144 valence electrons. The number of carbonyl (C=O) groups excluding carboxylic acids is 1. The van der Waals surface area contributed by atoms with Crippen molar-refractivity contribution in [2.45, 2.75) is 33.0 Å². The fourth-order valence-corrected chi connectivity index (χ4v) is 2.63. The van der Waals surface area contributed by atoms with Crippen LogP contribution in [0, 0.1) is 0 Å². The molecular weight excluding hydrogens is 350 g/mol. The number of benzene rings is 3. The number of para-hydroxylation sites is 2. The monoisotopic (exact) mass is 375 g/mol. The minimum atomic E-state index is -0.189. The lowest BCUT2D eigenvalue weighted by Gasteiger charge is -2.14. The van der Waals surface area contributed by atoms with Crippen molar-refractivity contribution in [2.24, 2.45) is 0 Å². The van der Waals surface area contributed by atoms with Gasteiger partial charge in [0.15, 0.2) is 0 Å². The maximum absolute atomic E-state index is 12.6. The first-order chi connectivity index (χ1) is 13.7. The Hall–Kier alpha value is -3.27. The lowest BCUT2D eigenvalue weighted by atomic mass is 10.2. The third-order valence-electron chi connectivity index (χ3n) is 4.40. The van der Waals surface area contributed by atoms with Gasteiger partial charge in [-0.05, 0) is 55.3 Å². The van der Waals surface area contributed by atoms with E-state index in [1.807, 2.05) is 73.7 Å². The molecule has 1 N–H and O–H groups in total. The highest BCUT2D eigenvalue weighted by molar-refractivity contribution is 6.05. The molecule has 0 saturated carbocycles. The summed E-state index contributed by atoms with van der Waals surface area (Å²) in [7, 11) is 0. The molecule has 0 heterocycles. The average Bonchev–Trinajstić information content (AvgIpc) is 2.74. The molecule has 0 aliphatic heterocycles. The Balaban J connectivity index is 1.65. The van der Waals surface area contributed by atoms with Crippen LogP contribution in [-0.2, 0) is 6.61 Å². The highest BCUT2D eigenvalue weighted by Gasteiger charge is 2.11. The largest absolute Gasteiger partial charge is 0.491 e. The third kappa shape index (κ3) is 5.36. The second-order valence-corrected chi connectivity index (χ2v) is 6.59. The van der Waals surface area contributed by atoms with Crippen molar-refractivity contribution in [1.29, 1.82) is 0 Å². The van der Waals surface area contributed by atoms with Gasteiger partial charge >= 0.3 is 0 Å². The van der Waals surface area contributed by atoms with Crippen molar-refractivity contribution in [3.63, 3.8) is 0 Å². The summed E-state index contributed by atoms with van der Waals surface area (Å²) in [4.78, 5) is 12.6. The van der Waals surface area contributed by atoms with Gasteiger partial charge in [-0.25, -0.2) is 0 Å². The molecule has 0 saturated heterocycles. The summed E-state index contributed by atoms with van der Waals surface area (Å²) in [5.74, 6) is 1.21. The van der Waals surface area contributed by atoms with Crippen molar-refractivity contribution in [3.8, 4) is 11.5 Å². The zero-order valence-electron chi connectivity index (χ0n) is 16.2.